The highest BCUT2D eigenvalue weighted by atomic mass is 32.2. The second kappa shape index (κ2) is 6.75. The number of nitrogens with zero attached hydrogens (tertiary/aromatic N) is 1. The lowest BCUT2D eigenvalue weighted by atomic mass is 9.78. The van der Waals surface area contributed by atoms with Crippen LogP contribution < -0.4 is 10.0 Å². The average Bonchev–Trinajstić information content (AvgIpc) is 2.56. The van der Waals surface area contributed by atoms with Gasteiger partial charge in [0.25, 0.3) is 0 Å². The predicted octanol–water partition coefficient (Wildman–Crippen LogP) is 2.28. The largest absolute Gasteiger partial charge is 0.375 e. The Morgan fingerprint density at radius 2 is 2.04 bits per heavy atom. The normalized spacial score (nSPS) is 24.5. The van der Waals surface area contributed by atoms with E-state index >= 15 is 0 Å². The van der Waals surface area contributed by atoms with Crippen molar-refractivity contribution in [2.45, 2.75) is 61.5 Å². The van der Waals surface area contributed by atoms with E-state index in [4.69, 9.17) is 4.74 Å². The number of nitrogens with one attached hydrogen (secondary N) is 2. The third kappa shape index (κ3) is 3.84. The molecular weight excluding hydrogens is 314 g/mol. The third-order valence-electron chi connectivity index (χ3n) is 4.93. The molecule has 1 aliphatic heterocycles. The molecule has 1 saturated carbocycles. The minimum absolute atomic E-state index is 0.0452. The Labute approximate surface area is 138 Å². The first-order valence-corrected chi connectivity index (χ1v) is 9.81. The lowest BCUT2D eigenvalue weighted by Crippen LogP contribution is -2.45. The number of ether oxygens (including phenoxy) is 1. The average molecular weight is 339 g/mol. The predicted molar refractivity (Wildman–Crippen MR) is 88.9 cm³/mol. The Morgan fingerprint density at radius 1 is 1.26 bits per heavy atom. The van der Waals surface area contributed by atoms with Gasteiger partial charge in [-0.15, -0.1) is 0 Å². The highest BCUT2D eigenvalue weighted by Crippen LogP contribution is 2.39. The van der Waals surface area contributed by atoms with E-state index in [-0.39, 0.29) is 10.5 Å². The summed E-state index contributed by atoms with van der Waals surface area (Å²) in [7, 11) is -2.03. The molecule has 1 spiro atoms. The molecule has 0 aromatic carbocycles. The van der Waals surface area contributed by atoms with Crippen LogP contribution in [0, 0.1) is 0 Å². The molecule has 1 unspecified atom stereocenters. The number of aromatic nitrogens is 1. The van der Waals surface area contributed by atoms with Gasteiger partial charge in [-0.05, 0) is 44.9 Å². The van der Waals surface area contributed by atoms with E-state index in [9.17, 15) is 8.42 Å². The van der Waals surface area contributed by atoms with E-state index in [1.54, 1.807) is 12.1 Å². The lowest BCUT2D eigenvalue weighted by molar-refractivity contribution is -0.103. The molecule has 0 amide bonds. The van der Waals surface area contributed by atoms with Crippen LogP contribution in [0.15, 0.2) is 23.2 Å². The molecule has 1 saturated heterocycles. The number of sulfonamides is 1. The fourth-order valence-electron chi connectivity index (χ4n) is 3.65. The van der Waals surface area contributed by atoms with Gasteiger partial charge in [0.1, 0.15) is 10.7 Å². The zero-order valence-corrected chi connectivity index (χ0v) is 14.4. The van der Waals surface area contributed by atoms with Crippen LogP contribution in [0.3, 0.4) is 0 Å². The van der Waals surface area contributed by atoms with Crippen molar-refractivity contribution in [3.8, 4) is 0 Å². The molecule has 3 rings (SSSR count). The number of hydrogen-bond acceptors (Lipinski definition) is 5. The van der Waals surface area contributed by atoms with Crippen molar-refractivity contribution in [1.29, 1.82) is 0 Å². The number of anilines is 1. The molecule has 1 aliphatic carbocycles. The molecule has 128 valence electrons. The zero-order valence-electron chi connectivity index (χ0n) is 13.5. The van der Waals surface area contributed by atoms with Crippen LogP contribution >= 0.6 is 0 Å². The van der Waals surface area contributed by atoms with Crippen molar-refractivity contribution in [2.24, 2.45) is 0 Å². The van der Waals surface area contributed by atoms with Gasteiger partial charge in [0.2, 0.25) is 10.0 Å². The van der Waals surface area contributed by atoms with E-state index in [0.717, 1.165) is 38.1 Å². The lowest BCUT2D eigenvalue weighted by Gasteiger charge is -2.43. The Kier molecular flexibility index (Phi) is 4.89. The summed E-state index contributed by atoms with van der Waals surface area (Å²) in [6.07, 6.45) is 9.47. The fourth-order valence-corrected chi connectivity index (χ4v) is 4.32. The molecule has 2 N–H and O–H groups in total. The molecule has 2 fully saturated rings. The van der Waals surface area contributed by atoms with E-state index in [2.05, 4.69) is 15.0 Å². The fraction of sp³-hybridized carbons (Fsp3) is 0.688. The van der Waals surface area contributed by atoms with Crippen molar-refractivity contribution < 1.29 is 13.2 Å². The summed E-state index contributed by atoms with van der Waals surface area (Å²) < 4.78 is 31.8. The maximum absolute atomic E-state index is 11.7. The van der Waals surface area contributed by atoms with Crippen molar-refractivity contribution >= 4 is 15.8 Å². The molecule has 2 aliphatic rings. The smallest absolute Gasteiger partial charge is 0.241 e. The second-order valence-corrected chi connectivity index (χ2v) is 8.40. The second-order valence-electron chi connectivity index (χ2n) is 6.51. The van der Waals surface area contributed by atoms with E-state index in [1.165, 1.54) is 32.5 Å². The maximum Gasteiger partial charge on any atom is 0.241 e. The van der Waals surface area contributed by atoms with Crippen LogP contribution in [-0.4, -0.2) is 38.7 Å². The summed E-state index contributed by atoms with van der Waals surface area (Å²) >= 11 is 0. The molecule has 23 heavy (non-hydrogen) atoms. The van der Waals surface area contributed by atoms with Gasteiger partial charge >= 0.3 is 0 Å². The third-order valence-corrected chi connectivity index (χ3v) is 6.32. The van der Waals surface area contributed by atoms with Gasteiger partial charge in [-0.1, -0.05) is 19.3 Å². The van der Waals surface area contributed by atoms with Gasteiger partial charge < -0.3 is 10.1 Å². The van der Waals surface area contributed by atoms with Gasteiger partial charge in [-0.25, -0.2) is 18.1 Å². The maximum atomic E-state index is 11.7. The SMILES string of the molecule is CNS(=O)(=O)c1ccc(NC2CCOC3(CCCCC3)C2)nc1. The van der Waals surface area contributed by atoms with Crippen molar-refractivity contribution in [2.75, 3.05) is 19.0 Å². The van der Waals surface area contributed by atoms with Crippen LogP contribution in [-0.2, 0) is 14.8 Å². The summed E-state index contributed by atoms with van der Waals surface area (Å²) in [6.45, 7) is 0.782. The standard InChI is InChI=1S/C16H25N3O3S/c1-17-23(20,21)14-5-6-15(18-12-14)19-13-7-10-22-16(11-13)8-3-2-4-9-16/h5-6,12-13,17H,2-4,7-11H2,1H3,(H,18,19). The van der Waals surface area contributed by atoms with Gasteiger partial charge in [-0.2, -0.15) is 0 Å². The first kappa shape index (κ1) is 16.7. The molecule has 0 bridgehead atoms. The molecule has 1 atom stereocenters. The number of pyridine rings is 1. The Hall–Kier alpha value is -1.18. The first-order chi connectivity index (χ1) is 11.0. The summed E-state index contributed by atoms with van der Waals surface area (Å²) in [5.41, 5.74) is 0.0452. The Balaban J connectivity index is 1.65. The summed E-state index contributed by atoms with van der Waals surface area (Å²) in [5.74, 6) is 0.720. The molecular formula is C16H25N3O3S. The first-order valence-electron chi connectivity index (χ1n) is 8.33. The summed E-state index contributed by atoms with van der Waals surface area (Å²) in [6, 6.07) is 3.64. The molecule has 1 aromatic rings. The van der Waals surface area contributed by atoms with E-state index < -0.39 is 10.0 Å². The van der Waals surface area contributed by atoms with E-state index in [0.29, 0.717) is 6.04 Å². The molecule has 2 heterocycles. The van der Waals surface area contributed by atoms with Crippen molar-refractivity contribution in [1.82, 2.24) is 9.71 Å². The van der Waals surface area contributed by atoms with Crippen LogP contribution in [0.25, 0.3) is 0 Å². The van der Waals surface area contributed by atoms with Crippen LogP contribution in [0.1, 0.15) is 44.9 Å². The monoisotopic (exact) mass is 339 g/mol. The highest BCUT2D eigenvalue weighted by molar-refractivity contribution is 7.89. The van der Waals surface area contributed by atoms with Crippen molar-refractivity contribution in [3.63, 3.8) is 0 Å². The molecule has 1 aromatic heterocycles. The molecule has 7 heteroatoms. The highest BCUT2D eigenvalue weighted by Gasteiger charge is 2.38. The van der Waals surface area contributed by atoms with Crippen LogP contribution in [0.4, 0.5) is 5.82 Å². The Morgan fingerprint density at radius 3 is 2.70 bits per heavy atom. The number of hydrogen-bond donors (Lipinski definition) is 2. The quantitative estimate of drug-likeness (QED) is 0.880. The number of rotatable bonds is 4. The molecule has 6 nitrogen and oxygen atoms in total. The van der Waals surface area contributed by atoms with Crippen molar-refractivity contribution in [3.05, 3.63) is 18.3 Å². The Bertz CT molecular complexity index is 619. The summed E-state index contributed by atoms with van der Waals surface area (Å²) in [4.78, 5) is 4.43. The zero-order chi connectivity index (χ0) is 16.3. The minimum atomic E-state index is -3.43. The summed E-state index contributed by atoms with van der Waals surface area (Å²) in [5, 5.41) is 3.44. The van der Waals surface area contributed by atoms with Gasteiger partial charge in [0, 0.05) is 18.8 Å². The van der Waals surface area contributed by atoms with Gasteiger partial charge in [-0.3, -0.25) is 0 Å². The van der Waals surface area contributed by atoms with Gasteiger partial charge in [0.05, 0.1) is 5.60 Å². The molecule has 0 radical (unpaired) electrons. The van der Waals surface area contributed by atoms with E-state index in [1.807, 2.05) is 0 Å². The topological polar surface area (TPSA) is 80.3 Å². The van der Waals surface area contributed by atoms with Gasteiger partial charge in [0.15, 0.2) is 0 Å². The minimum Gasteiger partial charge on any atom is -0.375 e. The van der Waals surface area contributed by atoms with Crippen LogP contribution in [0.5, 0.6) is 0 Å². The van der Waals surface area contributed by atoms with Crippen LogP contribution in [0.2, 0.25) is 0 Å².